The number of nitrogens with zero attached hydrogens (tertiary/aromatic N) is 2. The first-order chi connectivity index (χ1) is 15.7. The molecule has 172 valence electrons. The third-order valence-corrected chi connectivity index (χ3v) is 7.21. The van der Waals surface area contributed by atoms with Crippen LogP contribution in [0.15, 0.2) is 36.5 Å². The summed E-state index contributed by atoms with van der Waals surface area (Å²) in [6.07, 6.45) is 3.13. The molecule has 3 N–H and O–H groups in total. The maximum Gasteiger partial charge on any atom is 0.270 e. The van der Waals surface area contributed by atoms with Gasteiger partial charge in [-0.3, -0.25) is 14.6 Å². The summed E-state index contributed by atoms with van der Waals surface area (Å²) in [7, 11) is 0. The zero-order valence-corrected chi connectivity index (χ0v) is 19.1. The molecule has 1 aromatic carbocycles. The largest absolute Gasteiger partial charge is 0.484 e. The number of benzene rings is 1. The van der Waals surface area contributed by atoms with Gasteiger partial charge in [-0.05, 0) is 56.4 Å². The normalized spacial score (nSPS) is 25.7. The van der Waals surface area contributed by atoms with Crippen LogP contribution in [0.4, 0.5) is 0 Å². The fourth-order valence-corrected chi connectivity index (χ4v) is 4.91. The summed E-state index contributed by atoms with van der Waals surface area (Å²) in [5, 5.41) is 26.6. The predicted octanol–water partition coefficient (Wildman–Crippen LogP) is 3.00. The van der Waals surface area contributed by atoms with E-state index in [0.29, 0.717) is 53.5 Å². The Hall–Kier alpha value is -2.86. The highest BCUT2D eigenvalue weighted by molar-refractivity contribution is 6.42. The van der Waals surface area contributed by atoms with Gasteiger partial charge in [0.15, 0.2) is 6.61 Å². The van der Waals surface area contributed by atoms with Gasteiger partial charge in [0, 0.05) is 17.8 Å². The molecule has 1 atom stereocenters. The van der Waals surface area contributed by atoms with Crippen molar-refractivity contribution in [2.75, 3.05) is 6.61 Å². The SMILES string of the molecule is N#Cc1ccnc(C(=O)NC23CCC(NC(=O)COc4ccc(Cl)c(Cl)c4)(CC2)[C@H](O)C3)c1. The van der Waals surface area contributed by atoms with Gasteiger partial charge in [-0.15, -0.1) is 0 Å². The van der Waals surface area contributed by atoms with Crippen molar-refractivity contribution in [2.45, 2.75) is 49.3 Å². The lowest BCUT2D eigenvalue weighted by atomic mass is 9.60. The smallest absolute Gasteiger partial charge is 0.270 e. The summed E-state index contributed by atoms with van der Waals surface area (Å²) in [5.74, 6) is -0.315. The first-order valence-electron chi connectivity index (χ1n) is 10.5. The van der Waals surface area contributed by atoms with E-state index in [1.807, 2.05) is 6.07 Å². The number of nitriles is 1. The summed E-state index contributed by atoms with van der Waals surface area (Å²) < 4.78 is 5.50. The van der Waals surface area contributed by atoms with Crippen LogP contribution in [0.5, 0.6) is 5.75 Å². The second kappa shape index (κ2) is 9.18. The van der Waals surface area contributed by atoms with E-state index >= 15 is 0 Å². The number of fused-ring (bicyclic) bond motifs is 3. The number of pyridine rings is 1. The number of aliphatic hydroxyl groups is 1. The first-order valence-corrected chi connectivity index (χ1v) is 11.3. The highest BCUT2D eigenvalue weighted by Crippen LogP contribution is 2.47. The number of hydrogen-bond acceptors (Lipinski definition) is 6. The molecule has 1 heterocycles. The molecule has 3 fully saturated rings. The second-order valence-electron chi connectivity index (χ2n) is 8.56. The van der Waals surface area contributed by atoms with Crippen LogP contribution in [0.3, 0.4) is 0 Å². The van der Waals surface area contributed by atoms with E-state index in [1.54, 1.807) is 12.1 Å². The minimum atomic E-state index is -0.826. The maximum atomic E-state index is 12.7. The van der Waals surface area contributed by atoms with Gasteiger partial charge in [0.2, 0.25) is 0 Å². The Morgan fingerprint density at radius 2 is 1.91 bits per heavy atom. The van der Waals surface area contributed by atoms with Crippen molar-refractivity contribution in [3.05, 3.63) is 57.8 Å². The summed E-state index contributed by atoms with van der Waals surface area (Å²) in [6.45, 7) is -0.227. The number of aliphatic hydroxyl groups excluding tert-OH is 1. The fraction of sp³-hybridized carbons (Fsp3) is 0.391. The zero-order valence-electron chi connectivity index (χ0n) is 17.6. The van der Waals surface area contributed by atoms with Crippen molar-refractivity contribution >= 4 is 35.0 Å². The molecule has 0 aliphatic heterocycles. The van der Waals surface area contributed by atoms with Gasteiger partial charge in [0.05, 0.1) is 33.3 Å². The van der Waals surface area contributed by atoms with Gasteiger partial charge >= 0.3 is 0 Å². The summed E-state index contributed by atoms with van der Waals surface area (Å²) in [6, 6.07) is 9.69. The van der Waals surface area contributed by atoms with Crippen LogP contribution in [0, 0.1) is 11.3 Å². The monoisotopic (exact) mass is 488 g/mol. The van der Waals surface area contributed by atoms with Crippen LogP contribution in [0.1, 0.15) is 48.2 Å². The van der Waals surface area contributed by atoms with Crippen molar-refractivity contribution in [3.8, 4) is 11.8 Å². The van der Waals surface area contributed by atoms with Gasteiger partial charge in [-0.2, -0.15) is 5.26 Å². The van der Waals surface area contributed by atoms with Crippen molar-refractivity contribution < 1.29 is 19.4 Å². The number of nitrogens with one attached hydrogen (secondary N) is 2. The van der Waals surface area contributed by atoms with Crippen LogP contribution in [-0.2, 0) is 4.79 Å². The standard InChI is InChI=1S/C23H22Cl2N4O4/c24-16-2-1-15(10-17(16)25)33-13-20(31)28-23-6-4-22(5-7-23,11-19(23)30)29-21(32)18-9-14(12-26)3-8-27-18/h1-3,8-10,19,30H,4-7,11,13H2,(H,28,31)(H,29,32)/t19-,22?,23?/m1/s1. The minimum absolute atomic E-state index is 0.160. The first kappa shape index (κ1) is 23.3. The molecule has 2 aromatic rings. The van der Waals surface area contributed by atoms with E-state index in [1.165, 1.54) is 24.4 Å². The van der Waals surface area contributed by atoms with Gasteiger partial charge in [0.1, 0.15) is 11.4 Å². The highest BCUT2D eigenvalue weighted by atomic mass is 35.5. The highest BCUT2D eigenvalue weighted by Gasteiger charge is 2.55. The lowest BCUT2D eigenvalue weighted by Crippen LogP contribution is -2.70. The Balaban J connectivity index is 1.35. The molecule has 0 saturated heterocycles. The van der Waals surface area contributed by atoms with Crippen LogP contribution < -0.4 is 15.4 Å². The van der Waals surface area contributed by atoms with Gasteiger partial charge in [0.25, 0.3) is 11.8 Å². The van der Waals surface area contributed by atoms with Crippen LogP contribution >= 0.6 is 23.2 Å². The molecule has 2 amide bonds. The number of carbonyl (C=O) groups excluding carboxylic acids is 2. The molecule has 10 heteroatoms. The lowest BCUT2D eigenvalue weighted by Gasteiger charge is -2.56. The number of ether oxygens (including phenoxy) is 1. The van der Waals surface area contributed by atoms with Crippen molar-refractivity contribution in [3.63, 3.8) is 0 Å². The number of aromatic nitrogens is 1. The summed E-state index contributed by atoms with van der Waals surface area (Å²) in [4.78, 5) is 29.3. The Morgan fingerprint density at radius 3 is 2.58 bits per heavy atom. The van der Waals surface area contributed by atoms with Crippen LogP contribution in [0.2, 0.25) is 10.0 Å². The molecule has 33 heavy (non-hydrogen) atoms. The molecule has 0 spiro atoms. The van der Waals surface area contributed by atoms with Gasteiger partial charge in [-0.1, -0.05) is 23.2 Å². The molecule has 3 saturated carbocycles. The maximum absolute atomic E-state index is 12.7. The van der Waals surface area contributed by atoms with E-state index in [4.69, 9.17) is 33.2 Å². The Morgan fingerprint density at radius 1 is 1.15 bits per heavy atom. The van der Waals surface area contributed by atoms with E-state index in [0.717, 1.165) is 0 Å². The molecule has 5 rings (SSSR count). The Labute approximate surface area is 200 Å². The van der Waals surface area contributed by atoms with E-state index in [-0.39, 0.29) is 24.1 Å². The molecular weight excluding hydrogens is 467 g/mol. The fourth-order valence-electron chi connectivity index (χ4n) is 4.62. The molecule has 3 aliphatic carbocycles. The van der Waals surface area contributed by atoms with Gasteiger partial charge < -0.3 is 20.5 Å². The van der Waals surface area contributed by atoms with Crippen molar-refractivity contribution in [2.24, 2.45) is 0 Å². The zero-order chi connectivity index (χ0) is 23.6. The third kappa shape index (κ3) is 4.91. The number of carbonyl (C=O) groups is 2. The quantitative estimate of drug-likeness (QED) is 0.573. The third-order valence-electron chi connectivity index (χ3n) is 6.47. The number of hydrogen-bond donors (Lipinski definition) is 3. The van der Waals surface area contributed by atoms with E-state index in [9.17, 15) is 14.7 Å². The van der Waals surface area contributed by atoms with Crippen molar-refractivity contribution in [1.82, 2.24) is 15.6 Å². The molecule has 2 bridgehead atoms. The predicted molar refractivity (Wildman–Crippen MR) is 121 cm³/mol. The number of amides is 2. The van der Waals surface area contributed by atoms with Gasteiger partial charge in [-0.25, -0.2) is 0 Å². The molecule has 0 unspecified atom stereocenters. The number of halogens is 2. The second-order valence-corrected chi connectivity index (χ2v) is 9.38. The van der Waals surface area contributed by atoms with E-state index < -0.39 is 17.2 Å². The average Bonchev–Trinajstić information content (AvgIpc) is 2.81. The lowest BCUT2D eigenvalue weighted by molar-refractivity contribution is -0.132. The van der Waals surface area contributed by atoms with E-state index in [2.05, 4.69) is 15.6 Å². The van der Waals surface area contributed by atoms with Crippen molar-refractivity contribution in [1.29, 1.82) is 5.26 Å². The van der Waals surface area contributed by atoms with Crippen LogP contribution in [-0.4, -0.2) is 45.7 Å². The molecule has 3 aliphatic rings. The summed E-state index contributed by atoms with van der Waals surface area (Å²) >= 11 is 11.8. The average molecular weight is 489 g/mol. The minimum Gasteiger partial charge on any atom is -0.484 e. The molecule has 1 aromatic heterocycles. The molecule has 8 nitrogen and oxygen atoms in total. The Kier molecular flexibility index (Phi) is 6.48. The Bertz CT molecular complexity index is 1130. The number of rotatable bonds is 6. The summed E-state index contributed by atoms with van der Waals surface area (Å²) in [5.41, 5.74) is -0.828. The topological polar surface area (TPSA) is 124 Å². The van der Waals surface area contributed by atoms with Crippen LogP contribution in [0.25, 0.3) is 0 Å². The molecular formula is C23H22Cl2N4O4. The molecule has 0 radical (unpaired) electrons.